The molecule has 1 aliphatic heterocycles. The molecule has 1 fully saturated rings. The lowest BCUT2D eigenvalue weighted by atomic mass is 10.0. The van der Waals surface area contributed by atoms with Crippen LogP contribution in [0.25, 0.3) is 22.2 Å². The van der Waals surface area contributed by atoms with Gasteiger partial charge in [0.15, 0.2) is 0 Å². The van der Waals surface area contributed by atoms with Crippen LogP contribution in [-0.4, -0.2) is 57.6 Å². The van der Waals surface area contributed by atoms with Crippen molar-refractivity contribution in [3.63, 3.8) is 0 Å². The number of hydrogen-bond donors (Lipinski definition) is 2. The number of aryl methyl sites for hydroxylation is 1. The van der Waals surface area contributed by atoms with Crippen molar-refractivity contribution < 1.29 is 9.59 Å². The highest BCUT2D eigenvalue weighted by Gasteiger charge is 2.27. The lowest BCUT2D eigenvalue weighted by molar-refractivity contribution is -0.136. The molecule has 2 amide bonds. The second kappa shape index (κ2) is 8.64. The number of amides is 2. The average molecular weight is 406 g/mol. The topological polar surface area (TPSA) is 96.5 Å². The second-order valence-electron chi connectivity index (χ2n) is 7.59. The lowest BCUT2D eigenvalue weighted by Crippen LogP contribution is -2.45. The number of nitrogens with one attached hydrogen (secondary N) is 1. The molecule has 4 rings (SSSR count). The molecular weight excluding hydrogens is 380 g/mol. The van der Waals surface area contributed by atoms with E-state index >= 15 is 0 Å². The summed E-state index contributed by atoms with van der Waals surface area (Å²) in [7, 11) is 0. The molecule has 1 atom stereocenters. The molecule has 2 aromatic carbocycles. The molecule has 0 bridgehead atoms. The summed E-state index contributed by atoms with van der Waals surface area (Å²) in [6.45, 7) is 3.70. The number of fused-ring (bicyclic) bond motifs is 1. The van der Waals surface area contributed by atoms with Crippen molar-refractivity contribution in [2.24, 2.45) is 5.73 Å². The molecule has 8 nitrogen and oxygen atoms in total. The third kappa shape index (κ3) is 4.05. The number of aromatic nitrogens is 2. The number of hydrazine groups is 1. The Labute approximate surface area is 175 Å². The van der Waals surface area contributed by atoms with E-state index in [1.165, 1.54) is 11.1 Å². The summed E-state index contributed by atoms with van der Waals surface area (Å²) in [5, 5.41) is 6.46. The van der Waals surface area contributed by atoms with E-state index in [2.05, 4.69) is 41.5 Å². The number of nitrogens with zero attached hydrogens (tertiary/aromatic N) is 4. The van der Waals surface area contributed by atoms with Crippen LogP contribution in [0.2, 0.25) is 0 Å². The molecule has 0 saturated carbocycles. The van der Waals surface area contributed by atoms with Gasteiger partial charge in [0.2, 0.25) is 12.3 Å². The first-order valence-corrected chi connectivity index (χ1v) is 10.1. The van der Waals surface area contributed by atoms with Gasteiger partial charge in [-0.1, -0.05) is 30.3 Å². The van der Waals surface area contributed by atoms with Gasteiger partial charge >= 0.3 is 0 Å². The van der Waals surface area contributed by atoms with Crippen LogP contribution in [0.4, 0.5) is 0 Å². The Balaban J connectivity index is 1.50. The van der Waals surface area contributed by atoms with Crippen LogP contribution in [-0.2, 0) is 16.3 Å². The summed E-state index contributed by atoms with van der Waals surface area (Å²) in [4.78, 5) is 27.8. The van der Waals surface area contributed by atoms with E-state index in [0.717, 1.165) is 29.4 Å². The van der Waals surface area contributed by atoms with E-state index in [9.17, 15) is 9.59 Å². The van der Waals surface area contributed by atoms with Gasteiger partial charge < -0.3 is 15.6 Å². The van der Waals surface area contributed by atoms with Crippen molar-refractivity contribution in [3.05, 3.63) is 54.4 Å². The summed E-state index contributed by atoms with van der Waals surface area (Å²) in [5.74, 6) is -0.176. The van der Waals surface area contributed by atoms with Crippen molar-refractivity contribution in [2.45, 2.75) is 26.1 Å². The molecule has 0 radical (unpaired) electrons. The van der Waals surface area contributed by atoms with E-state index in [-0.39, 0.29) is 18.5 Å². The monoisotopic (exact) mass is 406 g/mol. The molecule has 3 N–H and O–H groups in total. The maximum atomic E-state index is 11.8. The van der Waals surface area contributed by atoms with E-state index in [1.54, 1.807) is 11.3 Å². The van der Waals surface area contributed by atoms with Crippen molar-refractivity contribution in [3.8, 4) is 11.1 Å². The number of carbonyl (C=O) groups excluding carboxylic acids is 2. The van der Waals surface area contributed by atoms with Gasteiger partial charge in [-0.05, 0) is 42.2 Å². The Morgan fingerprint density at radius 3 is 2.93 bits per heavy atom. The number of benzene rings is 2. The Morgan fingerprint density at radius 1 is 1.33 bits per heavy atom. The Morgan fingerprint density at radius 2 is 2.17 bits per heavy atom. The minimum absolute atomic E-state index is 0.000276. The molecule has 2 heterocycles. The first-order chi connectivity index (χ1) is 14.6. The normalized spacial score (nSPS) is 16.7. The third-order valence-electron chi connectivity index (χ3n) is 5.58. The molecule has 8 heteroatoms. The van der Waals surface area contributed by atoms with Crippen molar-refractivity contribution in [1.29, 1.82) is 0 Å². The van der Waals surface area contributed by atoms with Gasteiger partial charge in [0, 0.05) is 19.1 Å². The summed E-state index contributed by atoms with van der Waals surface area (Å²) in [5.41, 5.74) is 10.7. The first kappa shape index (κ1) is 20.1. The third-order valence-corrected chi connectivity index (χ3v) is 5.58. The second-order valence-corrected chi connectivity index (χ2v) is 7.59. The number of hydrogen-bond acceptors (Lipinski definition) is 5. The number of rotatable bonds is 7. The fourth-order valence-electron chi connectivity index (χ4n) is 3.97. The lowest BCUT2D eigenvalue weighted by Gasteiger charge is -2.28. The van der Waals surface area contributed by atoms with Crippen molar-refractivity contribution in [2.75, 3.05) is 19.6 Å². The van der Waals surface area contributed by atoms with Crippen LogP contribution in [0.3, 0.4) is 0 Å². The first-order valence-electron chi connectivity index (χ1n) is 10.1. The molecule has 30 heavy (non-hydrogen) atoms. The molecule has 156 valence electrons. The molecule has 3 aromatic rings. The van der Waals surface area contributed by atoms with Gasteiger partial charge in [-0.25, -0.2) is 9.99 Å². The highest BCUT2D eigenvalue weighted by molar-refractivity contribution is 5.83. The van der Waals surface area contributed by atoms with Crippen molar-refractivity contribution >= 4 is 23.4 Å². The number of nitrogens with two attached hydrogens (primary N) is 1. The Hall–Kier alpha value is -3.23. The van der Waals surface area contributed by atoms with E-state index < -0.39 is 0 Å². The van der Waals surface area contributed by atoms with Crippen molar-refractivity contribution in [1.82, 2.24) is 24.9 Å². The standard InChI is InChI=1S/C22H26N6O2/c1-16-4-2-3-5-19(16)17-6-7-21-20(10-17)24-13-26(21)14-28(15-29)27-9-8-18(12-27)25-22(30)11-23/h2-7,10,13,15,18H,8-9,11-12,14,23H2,1H3,(H,25,30)/t18-/m1/s1. The average Bonchev–Trinajstić information content (AvgIpc) is 3.38. The van der Waals surface area contributed by atoms with Gasteiger partial charge in [-0.15, -0.1) is 0 Å². The van der Waals surface area contributed by atoms with E-state index in [0.29, 0.717) is 19.8 Å². The van der Waals surface area contributed by atoms with Crippen LogP contribution < -0.4 is 11.1 Å². The minimum Gasteiger partial charge on any atom is -0.351 e. The van der Waals surface area contributed by atoms with Gasteiger partial charge in [-0.3, -0.25) is 14.6 Å². The Kier molecular flexibility index (Phi) is 5.78. The fourth-order valence-corrected chi connectivity index (χ4v) is 3.97. The van der Waals surface area contributed by atoms with Crippen LogP contribution in [0.1, 0.15) is 12.0 Å². The van der Waals surface area contributed by atoms with Crippen LogP contribution in [0.15, 0.2) is 48.8 Å². The quantitative estimate of drug-likeness (QED) is 0.580. The highest BCUT2D eigenvalue weighted by Crippen LogP contribution is 2.26. The van der Waals surface area contributed by atoms with Gasteiger partial charge in [0.1, 0.15) is 6.67 Å². The predicted molar refractivity (Wildman–Crippen MR) is 115 cm³/mol. The summed E-state index contributed by atoms with van der Waals surface area (Å²) in [6, 6.07) is 14.5. The number of carbonyl (C=O) groups is 2. The fraction of sp³-hybridized carbons (Fsp3) is 0.318. The highest BCUT2D eigenvalue weighted by atomic mass is 16.2. The molecule has 1 aromatic heterocycles. The summed E-state index contributed by atoms with van der Waals surface area (Å²) in [6.07, 6.45) is 3.35. The van der Waals surface area contributed by atoms with E-state index in [4.69, 9.17) is 5.73 Å². The zero-order valence-corrected chi connectivity index (χ0v) is 17.0. The van der Waals surface area contributed by atoms with Gasteiger partial charge in [0.05, 0.1) is 23.9 Å². The number of imidazole rings is 1. The summed E-state index contributed by atoms with van der Waals surface area (Å²) < 4.78 is 1.96. The smallest absolute Gasteiger partial charge is 0.233 e. The van der Waals surface area contributed by atoms with Gasteiger partial charge in [-0.2, -0.15) is 0 Å². The van der Waals surface area contributed by atoms with Gasteiger partial charge in [0.25, 0.3) is 0 Å². The van der Waals surface area contributed by atoms with E-state index in [1.807, 2.05) is 27.8 Å². The molecule has 1 saturated heterocycles. The predicted octanol–water partition coefficient (Wildman–Crippen LogP) is 1.49. The molecular formula is C22H26N6O2. The SMILES string of the molecule is Cc1ccccc1-c1ccc2c(c1)ncn2CN(C=O)N1CC[C@@H](NC(=O)CN)C1. The molecule has 1 aliphatic rings. The van der Waals surface area contributed by atoms with Crippen LogP contribution in [0.5, 0.6) is 0 Å². The largest absolute Gasteiger partial charge is 0.351 e. The zero-order chi connectivity index (χ0) is 21.1. The maximum absolute atomic E-state index is 11.8. The summed E-state index contributed by atoms with van der Waals surface area (Å²) >= 11 is 0. The van der Waals surface area contributed by atoms with Crippen LogP contribution in [0, 0.1) is 6.92 Å². The van der Waals surface area contributed by atoms with Crippen LogP contribution >= 0.6 is 0 Å². The zero-order valence-electron chi connectivity index (χ0n) is 17.0. The molecule has 0 aliphatic carbocycles. The maximum Gasteiger partial charge on any atom is 0.233 e. The Bertz CT molecular complexity index is 1060. The molecule has 0 unspecified atom stereocenters. The minimum atomic E-state index is -0.176. The molecule has 0 spiro atoms.